The van der Waals surface area contributed by atoms with E-state index < -0.39 is 30.7 Å². The molecule has 0 aromatic rings. The first-order chi connectivity index (χ1) is 7.17. The highest BCUT2D eigenvalue weighted by Crippen LogP contribution is 2.38. The fourth-order valence-corrected chi connectivity index (χ4v) is 1.67. The molecule has 7 heteroatoms. The van der Waals surface area contributed by atoms with Crippen LogP contribution in [0.2, 0.25) is 0 Å². The number of halogens is 3. The third kappa shape index (κ3) is 2.46. The third-order valence-corrected chi connectivity index (χ3v) is 2.82. The van der Waals surface area contributed by atoms with E-state index in [-0.39, 0.29) is 19.0 Å². The van der Waals surface area contributed by atoms with Gasteiger partial charge in [-0.25, -0.2) is 0 Å². The van der Waals surface area contributed by atoms with Crippen molar-refractivity contribution in [3.05, 3.63) is 0 Å². The van der Waals surface area contributed by atoms with Gasteiger partial charge in [-0.2, -0.15) is 13.2 Å². The smallest absolute Gasteiger partial charge is 0.380 e. The first kappa shape index (κ1) is 13.2. The molecule has 1 atom stereocenters. The molecule has 1 aliphatic rings. The molecule has 0 spiro atoms. The maximum absolute atomic E-state index is 12.4. The number of carbonyl (C=O) groups is 1. The molecule has 1 unspecified atom stereocenters. The number of hydrogen-bond donors (Lipinski definition) is 2. The van der Waals surface area contributed by atoms with Gasteiger partial charge in [-0.05, 0) is 6.92 Å². The number of rotatable bonds is 1. The van der Waals surface area contributed by atoms with E-state index in [1.807, 2.05) is 0 Å². The van der Waals surface area contributed by atoms with E-state index in [0.717, 1.165) is 0 Å². The number of hydrogen-bond acceptors (Lipinski definition) is 3. The van der Waals surface area contributed by atoms with Crippen molar-refractivity contribution < 1.29 is 23.1 Å². The van der Waals surface area contributed by atoms with E-state index in [1.54, 1.807) is 0 Å². The molecule has 4 nitrogen and oxygen atoms in total. The van der Waals surface area contributed by atoms with Crippen LogP contribution in [0.5, 0.6) is 0 Å². The lowest BCUT2D eigenvalue weighted by atomic mass is 9.90. The molecule has 1 fully saturated rings. The van der Waals surface area contributed by atoms with Crippen LogP contribution in [0.4, 0.5) is 13.2 Å². The molecular weight excluding hydrogens is 225 g/mol. The molecule has 0 bridgehead atoms. The van der Waals surface area contributed by atoms with Crippen LogP contribution in [0.3, 0.4) is 0 Å². The fourth-order valence-electron chi connectivity index (χ4n) is 1.67. The second kappa shape index (κ2) is 4.21. The maximum Gasteiger partial charge on any atom is 0.417 e. The minimum absolute atomic E-state index is 0.115. The van der Waals surface area contributed by atoms with Gasteiger partial charge in [-0.3, -0.25) is 4.79 Å². The Labute approximate surface area is 91.2 Å². The number of nitrogens with zero attached hydrogens (tertiary/aromatic N) is 1. The second-order valence-corrected chi connectivity index (χ2v) is 4.14. The van der Waals surface area contributed by atoms with Gasteiger partial charge < -0.3 is 15.7 Å². The van der Waals surface area contributed by atoms with E-state index >= 15 is 0 Å². The predicted octanol–water partition coefficient (Wildman–Crippen LogP) is 0.249. The molecule has 0 aromatic carbocycles. The number of aliphatic hydroxyl groups is 1. The Morgan fingerprint density at radius 3 is 2.19 bits per heavy atom. The minimum atomic E-state index is -4.64. The maximum atomic E-state index is 12.4. The summed E-state index contributed by atoms with van der Waals surface area (Å²) in [6.07, 6.45) is -5.62. The summed E-state index contributed by atoms with van der Waals surface area (Å²) in [5.74, 6) is -0.385. The Hall–Kier alpha value is -0.820. The zero-order valence-electron chi connectivity index (χ0n) is 8.92. The van der Waals surface area contributed by atoms with Gasteiger partial charge in [-0.1, -0.05) is 0 Å². The normalized spacial score (nSPS) is 23.0. The topological polar surface area (TPSA) is 66.6 Å². The lowest BCUT2D eigenvalue weighted by Gasteiger charge is -2.39. The van der Waals surface area contributed by atoms with Gasteiger partial charge in [0.25, 0.3) is 0 Å². The van der Waals surface area contributed by atoms with Gasteiger partial charge >= 0.3 is 6.18 Å². The van der Waals surface area contributed by atoms with Crippen LogP contribution >= 0.6 is 0 Å². The molecule has 16 heavy (non-hydrogen) atoms. The van der Waals surface area contributed by atoms with Crippen LogP contribution in [0.15, 0.2) is 0 Å². The number of likely N-dealkylation sites (tertiary alicyclic amines) is 1. The van der Waals surface area contributed by atoms with Gasteiger partial charge in [0.05, 0.1) is 6.04 Å². The molecule has 1 rings (SSSR count). The van der Waals surface area contributed by atoms with Crippen LogP contribution < -0.4 is 5.73 Å². The third-order valence-electron chi connectivity index (χ3n) is 2.82. The van der Waals surface area contributed by atoms with Crippen molar-refractivity contribution in [3.8, 4) is 0 Å². The SMILES string of the molecule is CC(N)C(=O)N1CCC(O)(C(F)(F)F)CC1. The number of amides is 1. The van der Waals surface area contributed by atoms with Crippen molar-refractivity contribution in [2.75, 3.05) is 13.1 Å². The zero-order chi connectivity index (χ0) is 12.6. The second-order valence-electron chi connectivity index (χ2n) is 4.14. The molecule has 0 radical (unpaired) electrons. The van der Waals surface area contributed by atoms with Gasteiger partial charge in [-0.15, -0.1) is 0 Å². The van der Waals surface area contributed by atoms with Crippen LogP contribution in [0, 0.1) is 0 Å². The van der Waals surface area contributed by atoms with Gasteiger partial charge in [0.2, 0.25) is 5.91 Å². The largest absolute Gasteiger partial charge is 0.417 e. The summed E-state index contributed by atoms with van der Waals surface area (Å²) in [6, 6.07) is -0.725. The van der Waals surface area contributed by atoms with Gasteiger partial charge in [0.1, 0.15) is 0 Å². The molecule has 1 saturated heterocycles. The van der Waals surface area contributed by atoms with Gasteiger partial charge in [0.15, 0.2) is 5.60 Å². The first-order valence-electron chi connectivity index (χ1n) is 5.01. The monoisotopic (exact) mass is 240 g/mol. The lowest BCUT2D eigenvalue weighted by molar-refractivity contribution is -0.272. The molecule has 3 N–H and O–H groups in total. The standard InChI is InChI=1S/C9H15F3N2O2/c1-6(13)7(15)14-4-2-8(16,3-5-14)9(10,11)12/h6,16H,2-5,13H2,1H3. The Morgan fingerprint density at radius 2 is 1.88 bits per heavy atom. The first-order valence-corrected chi connectivity index (χ1v) is 5.01. The van der Waals surface area contributed by atoms with Crippen LogP contribution in [-0.4, -0.2) is 46.8 Å². The number of nitrogens with two attached hydrogens (primary N) is 1. The Morgan fingerprint density at radius 1 is 1.44 bits per heavy atom. The van der Waals surface area contributed by atoms with Gasteiger partial charge in [0, 0.05) is 25.9 Å². The summed E-state index contributed by atoms with van der Waals surface area (Å²) < 4.78 is 37.3. The summed E-state index contributed by atoms with van der Waals surface area (Å²) >= 11 is 0. The molecule has 0 aromatic heterocycles. The molecular formula is C9H15F3N2O2. The Kier molecular flexibility index (Phi) is 3.49. The van der Waals surface area contributed by atoms with E-state index in [0.29, 0.717) is 0 Å². The quantitative estimate of drug-likeness (QED) is 0.690. The molecule has 1 aliphatic heterocycles. The van der Waals surface area contributed by atoms with Crippen LogP contribution in [0.1, 0.15) is 19.8 Å². The molecule has 94 valence electrons. The van der Waals surface area contributed by atoms with Crippen molar-refractivity contribution >= 4 is 5.91 Å². The minimum Gasteiger partial charge on any atom is -0.380 e. The summed E-state index contributed by atoms with van der Waals surface area (Å²) in [5, 5.41) is 9.35. The van der Waals surface area contributed by atoms with E-state index in [1.165, 1.54) is 11.8 Å². The molecule has 1 heterocycles. The lowest BCUT2D eigenvalue weighted by Crippen LogP contribution is -2.56. The van der Waals surface area contributed by atoms with Crippen molar-refractivity contribution in [2.45, 2.75) is 37.6 Å². The molecule has 0 aliphatic carbocycles. The molecule has 1 amide bonds. The van der Waals surface area contributed by atoms with E-state index in [9.17, 15) is 23.1 Å². The average molecular weight is 240 g/mol. The highest BCUT2D eigenvalue weighted by molar-refractivity contribution is 5.81. The van der Waals surface area contributed by atoms with Crippen molar-refractivity contribution in [1.29, 1.82) is 0 Å². The molecule has 0 saturated carbocycles. The Bertz CT molecular complexity index is 270. The van der Waals surface area contributed by atoms with Crippen LogP contribution in [-0.2, 0) is 4.79 Å². The highest BCUT2D eigenvalue weighted by atomic mass is 19.4. The number of alkyl halides is 3. The van der Waals surface area contributed by atoms with Crippen molar-refractivity contribution in [3.63, 3.8) is 0 Å². The van der Waals surface area contributed by atoms with Crippen LogP contribution in [0.25, 0.3) is 0 Å². The fraction of sp³-hybridized carbons (Fsp3) is 0.889. The summed E-state index contributed by atoms with van der Waals surface area (Å²) in [6.45, 7) is 1.25. The Balaban J connectivity index is 2.61. The van der Waals surface area contributed by atoms with Crippen molar-refractivity contribution in [1.82, 2.24) is 4.90 Å². The van der Waals surface area contributed by atoms with E-state index in [4.69, 9.17) is 5.73 Å². The highest BCUT2D eigenvalue weighted by Gasteiger charge is 2.54. The average Bonchev–Trinajstić information content (AvgIpc) is 2.16. The summed E-state index contributed by atoms with van der Waals surface area (Å²) in [7, 11) is 0. The zero-order valence-corrected chi connectivity index (χ0v) is 8.92. The van der Waals surface area contributed by atoms with Crippen molar-refractivity contribution in [2.24, 2.45) is 5.73 Å². The van der Waals surface area contributed by atoms with E-state index in [2.05, 4.69) is 0 Å². The number of piperidine rings is 1. The summed E-state index contributed by atoms with van der Waals surface area (Å²) in [5.41, 5.74) is 2.68. The summed E-state index contributed by atoms with van der Waals surface area (Å²) in [4.78, 5) is 12.7. The predicted molar refractivity (Wildman–Crippen MR) is 50.5 cm³/mol. The number of carbonyl (C=O) groups excluding carboxylic acids is 1.